The molecule has 1 atom stereocenters. The number of β-lactam (4-membered cyclic amide) rings is 1. The summed E-state index contributed by atoms with van der Waals surface area (Å²) in [6, 6.07) is 5.43. The zero-order valence-corrected chi connectivity index (χ0v) is 21.5. The Hall–Kier alpha value is -3.80. The lowest BCUT2D eigenvalue weighted by molar-refractivity contribution is -0.225. The van der Waals surface area contributed by atoms with Crippen LogP contribution < -0.4 is 21.5 Å². The van der Waals surface area contributed by atoms with Gasteiger partial charge in [-0.05, 0) is 37.1 Å². The maximum atomic E-state index is 13.2. The maximum absolute atomic E-state index is 13.2. The van der Waals surface area contributed by atoms with Crippen molar-refractivity contribution in [2.75, 3.05) is 18.9 Å². The van der Waals surface area contributed by atoms with Gasteiger partial charge in [0, 0.05) is 10.9 Å². The lowest BCUT2D eigenvalue weighted by Crippen LogP contribution is -2.78. The van der Waals surface area contributed by atoms with Crippen LogP contribution in [0.4, 0.5) is 5.13 Å². The van der Waals surface area contributed by atoms with Crippen molar-refractivity contribution < 1.29 is 36.4 Å². The van der Waals surface area contributed by atoms with Gasteiger partial charge in [-0.1, -0.05) is 25.4 Å². The molecule has 17 heteroatoms. The van der Waals surface area contributed by atoms with E-state index in [1.54, 1.807) is 24.3 Å². The third-order valence-corrected chi connectivity index (χ3v) is 7.06. The number of nitrogen functional groups attached to an aromatic ring is 2. The smallest absolute Gasteiger partial charge is 0.418 e. The fourth-order valence-electron chi connectivity index (χ4n) is 4.34. The second-order valence-corrected chi connectivity index (χ2v) is 10.4. The summed E-state index contributed by atoms with van der Waals surface area (Å²) in [6.07, 6.45) is 2.04. The van der Waals surface area contributed by atoms with Crippen LogP contribution >= 0.6 is 11.3 Å². The number of hydrogen-bond donors (Lipinski definition) is 5. The molecular weight excluding hydrogens is 554 g/mol. The van der Waals surface area contributed by atoms with Crippen molar-refractivity contribution in [2.45, 2.75) is 44.7 Å². The first kappa shape index (κ1) is 29.8. The number of oxime groups is 1. The van der Waals surface area contributed by atoms with Crippen molar-refractivity contribution in [3.63, 3.8) is 0 Å². The molecule has 0 radical (unpaired) electrons. The number of hydrogen-bond acceptors (Lipinski definition) is 12. The Morgan fingerprint density at radius 1 is 1.28 bits per heavy atom. The van der Waals surface area contributed by atoms with Gasteiger partial charge >= 0.3 is 10.4 Å². The van der Waals surface area contributed by atoms with Crippen LogP contribution in [-0.2, 0) is 29.1 Å². The number of nitrogens with zero attached hydrogens (tertiary/aromatic N) is 3. The van der Waals surface area contributed by atoms with E-state index in [1.807, 2.05) is 0 Å². The van der Waals surface area contributed by atoms with Crippen molar-refractivity contribution in [1.29, 1.82) is 5.41 Å². The topological polar surface area (TPSA) is 233 Å². The molecule has 15 nitrogen and oxygen atoms in total. The third-order valence-electron chi connectivity index (χ3n) is 6.05. The SMILES string of the molecule is C.N=C(N)c1ccc(OCCO/N=C(\C(=O)NC2C(=O)N(OS(=O)(=O)O)C23CCCC3)c2csc(N)n2)cc1. The van der Waals surface area contributed by atoms with Crippen LogP contribution in [0.3, 0.4) is 0 Å². The number of carbonyl (C=O) groups excluding carboxylic acids is 2. The van der Waals surface area contributed by atoms with Crippen LogP contribution in [0, 0.1) is 5.41 Å². The number of amides is 2. The molecule has 4 rings (SSSR count). The van der Waals surface area contributed by atoms with E-state index in [-0.39, 0.29) is 43.0 Å². The van der Waals surface area contributed by atoms with Crippen molar-refractivity contribution in [1.82, 2.24) is 15.4 Å². The first-order valence-electron chi connectivity index (χ1n) is 11.3. The second kappa shape index (κ2) is 11.9. The van der Waals surface area contributed by atoms with Gasteiger partial charge in [0.2, 0.25) is 0 Å². The summed E-state index contributed by atoms with van der Waals surface area (Å²) >= 11 is 1.07. The van der Waals surface area contributed by atoms with Gasteiger partial charge in [-0.25, -0.2) is 4.98 Å². The zero-order chi connectivity index (χ0) is 27.5. The summed E-state index contributed by atoms with van der Waals surface area (Å²) in [5.74, 6) is -1.19. The quantitative estimate of drug-likeness (QED) is 0.0620. The minimum Gasteiger partial charge on any atom is -0.490 e. The number of rotatable bonds is 11. The molecule has 1 aromatic carbocycles. The lowest BCUT2D eigenvalue weighted by Gasteiger charge is -2.52. The third kappa shape index (κ3) is 6.62. The molecule has 2 fully saturated rings. The van der Waals surface area contributed by atoms with Crippen molar-refractivity contribution in [3.05, 3.63) is 40.9 Å². The Balaban J connectivity index is 0.00000420. The van der Waals surface area contributed by atoms with Crippen LogP contribution in [0.2, 0.25) is 0 Å². The molecule has 1 saturated heterocycles. The Kier molecular flexibility index (Phi) is 9.10. The Morgan fingerprint density at radius 3 is 2.51 bits per heavy atom. The van der Waals surface area contributed by atoms with Crippen LogP contribution in [0.5, 0.6) is 5.75 Å². The van der Waals surface area contributed by atoms with E-state index in [0.29, 0.717) is 42.1 Å². The minimum absolute atomic E-state index is 0. The summed E-state index contributed by atoms with van der Waals surface area (Å²) in [6.45, 7) is 0.0241. The monoisotopic (exact) mass is 583 g/mol. The molecule has 1 unspecified atom stereocenters. The fourth-order valence-corrected chi connectivity index (χ4v) is 5.29. The minimum atomic E-state index is -4.93. The van der Waals surface area contributed by atoms with E-state index in [2.05, 4.69) is 19.7 Å². The molecule has 2 heterocycles. The highest BCUT2D eigenvalue weighted by Gasteiger charge is 2.64. The molecule has 1 aliphatic heterocycles. The summed E-state index contributed by atoms with van der Waals surface area (Å²) < 4.78 is 41.5. The molecule has 7 N–H and O–H groups in total. The number of nitrogens with one attached hydrogen (secondary N) is 2. The van der Waals surface area contributed by atoms with Gasteiger partial charge in [0.15, 0.2) is 17.5 Å². The van der Waals surface area contributed by atoms with Crippen molar-refractivity contribution in [2.24, 2.45) is 10.9 Å². The number of anilines is 1. The molecule has 1 spiro atoms. The van der Waals surface area contributed by atoms with Gasteiger partial charge in [-0.2, -0.15) is 13.5 Å². The first-order valence-corrected chi connectivity index (χ1v) is 13.6. The van der Waals surface area contributed by atoms with E-state index < -0.39 is 33.8 Å². The molecule has 1 aromatic heterocycles. The van der Waals surface area contributed by atoms with Gasteiger partial charge in [0.25, 0.3) is 11.8 Å². The predicted molar refractivity (Wildman–Crippen MR) is 141 cm³/mol. The molecule has 39 heavy (non-hydrogen) atoms. The molecule has 1 saturated carbocycles. The Labute approximate surface area is 228 Å². The van der Waals surface area contributed by atoms with E-state index in [4.69, 9.17) is 31.0 Å². The number of ether oxygens (including phenoxy) is 1. The molecule has 2 amide bonds. The average molecular weight is 584 g/mol. The normalized spacial score (nSPS) is 18.3. The van der Waals surface area contributed by atoms with Crippen LogP contribution in [0.15, 0.2) is 34.8 Å². The van der Waals surface area contributed by atoms with Crippen molar-refractivity contribution >= 4 is 50.2 Å². The van der Waals surface area contributed by atoms with Gasteiger partial charge in [0.05, 0.1) is 0 Å². The maximum Gasteiger partial charge on any atom is 0.418 e. The largest absolute Gasteiger partial charge is 0.490 e. The summed E-state index contributed by atoms with van der Waals surface area (Å²) in [5, 5.41) is 16.1. The fraction of sp³-hybridized carbons (Fsp3) is 0.409. The number of benzene rings is 1. The van der Waals surface area contributed by atoms with E-state index in [0.717, 1.165) is 11.3 Å². The van der Waals surface area contributed by atoms with E-state index in [1.165, 1.54) is 5.38 Å². The molecule has 212 valence electrons. The molecule has 0 bridgehead atoms. The van der Waals surface area contributed by atoms with E-state index in [9.17, 15) is 18.0 Å². The zero-order valence-electron chi connectivity index (χ0n) is 19.8. The van der Waals surface area contributed by atoms with Gasteiger partial charge < -0.3 is 26.4 Å². The molecule has 2 aliphatic rings. The van der Waals surface area contributed by atoms with Gasteiger partial charge in [-0.3, -0.25) is 19.6 Å². The van der Waals surface area contributed by atoms with Gasteiger partial charge in [-0.15, -0.1) is 15.6 Å². The van der Waals surface area contributed by atoms with Crippen LogP contribution in [0.25, 0.3) is 0 Å². The molecule has 2 aromatic rings. The number of carbonyl (C=O) groups is 2. The highest BCUT2D eigenvalue weighted by molar-refractivity contribution is 7.80. The highest BCUT2D eigenvalue weighted by Crippen LogP contribution is 2.46. The van der Waals surface area contributed by atoms with Gasteiger partial charge in [0.1, 0.15) is 35.5 Å². The van der Waals surface area contributed by atoms with Crippen LogP contribution in [0.1, 0.15) is 44.4 Å². The summed E-state index contributed by atoms with van der Waals surface area (Å²) in [4.78, 5) is 35.2. The number of hydroxylamine groups is 2. The van der Waals surface area contributed by atoms with Crippen LogP contribution in [-0.4, -0.2) is 71.2 Å². The number of nitrogens with two attached hydrogens (primary N) is 2. The first-order chi connectivity index (χ1) is 18.0. The summed E-state index contributed by atoms with van der Waals surface area (Å²) in [5.41, 5.74) is 10.4. The highest BCUT2D eigenvalue weighted by atomic mass is 32.3. The molecular formula is C22H29N7O8S2. The van der Waals surface area contributed by atoms with E-state index >= 15 is 0 Å². The molecule has 1 aliphatic carbocycles. The second-order valence-electron chi connectivity index (χ2n) is 8.48. The predicted octanol–water partition coefficient (Wildman–Crippen LogP) is 0.819. The number of amidine groups is 1. The Morgan fingerprint density at radius 2 is 1.95 bits per heavy atom. The Bertz CT molecular complexity index is 1350. The standard InChI is InChI=1S/C21H25N7O8S2.CH4/c22-17(23)12-3-5-13(6-4-12)34-9-10-35-27-15(14-11-37-20(24)25-14)18(29)26-16-19(30)28(36-38(31,32)33)21(16)7-1-2-8-21;/h3-6,11,16H,1-2,7-10H2,(H3,22,23)(H2,24,25)(H,26,29)(H,31,32,33);1H4/b27-15-;. The average Bonchev–Trinajstić information content (AvgIpc) is 3.53. The lowest BCUT2D eigenvalue weighted by atomic mass is 9.79. The van der Waals surface area contributed by atoms with Crippen molar-refractivity contribution in [3.8, 4) is 5.75 Å². The summed E-state index contributed by atoms with van der Waals surface area (Å²) in [7, 11) is -4.93. The number of aromatic nitrogens is 1. The number of thiazole rings is 1.